The van der Waals surface area contributed by atoms with Crippen LogP contribution in [0, 0.1) is 24.6 Å². The maximum Gasteiger partial charge on any atom is 0.257 e. The molecule has 0 aromatic carbocycles. The summed E-state index contributed by atoms with van der Waals surface area (Å²) in [6.45, 7) is 3.92. The van der Waals surface area contributed by atoms with E-state index in [9.17, 15) is 18.3 Å². The highest BCUT2D eigenvalue weighted by Crippen LogP contribution is 2.33. The zero-order valence-corrected chi connectivity index (χ0v) is 17.4. The quantitative estimate of drug-likeness (QED) is 0.487. The molecule has 0 unspecified atom stereocenters. The molecule has 0 aliphatic carbocycles. The van der Waals surface area contributed by atoms with Gasteiger partial charge in [0.2, 0.25) is 0 Å². The van der Waals surface area contributed by atoms with E-state index >= 15 is 0 Å². The van der Waals surface area contributed by atoms with Gasteiger partial charge in [-0.15, -0.1) is 10.2 Å². The van der Waals surface area contributed by atoms with Crippen LogP contribution in [0.2, 0.25) is 0 Å². The van der Waals surface area contributed by atoms with Gasteiger partial charge >= 0.3 is 0 Å². The van der Waals surface area contributed by atoms with Crippen molar-refractivity contribution in [2.75, 3.05) is 11.4 Å². The summed E-state index contributed by atoms with van der Waals surface area (Å²) in [5.41, 5.74) is -0.450. The standard InChI is InChI=1S/C21H18F3N7O/c1-12-28-29-20-27-19(18-15(22)9-25-10-16(18)31(12)20)30(11-17(23)24)14-5-7-26-13(8-14)4-6-21(2,3)32/h5,7-10,17,32H,11H2,1-3H3. The Morgan fingerprint density at radius 2 is 2.03 bits per heavy atom. The summed E-state index contributed by atoms with van der Waals surface area (Å²) in [5, 5.41) is 17.7. The van der Waals surface area contributed by atoms with Crippen LogP contribution < -0.4 is 4.90 Å². The maximum atomic E-state index is 14.9. The molecule has 0 saturated carbocycles. The lowest BCUT2D eigenvalue weighted by Crippen LogP contribution is -2.26. The van der Waals surface area contributed by atoms with Crippen LogP contribution in [-0.2, 0) is 0 Å². The van der Waals surface area contributed by atoms with Gasteiger partial charge in [-0.05, 0) is 38.8 Å². The lowest BCUT2D eigenvalue weighted by molar-refractivity contribution is 0.143. The van der Waals surface area contributed by atoms with Gasteiger partial charge in [0, 0.05) is 11.9 Å². The second-order valence-corrected chi connectivity index (χ2v) is 7.54. The van der Waals surface area contributed by atoms with E-state index in [2.05, 4.69) is 37.0 Å². The van der Waals surface area contributed by atoms with E-state index in [0.29, 0.717) is 11.3 Å². The van der Waals surface area contributed by atoms with Crippen molar-refractivity contribution in [1.82, 2.24) is 29.5 Å². The number of anilines is 2. The number of fused-ring (bicyclic) bond motifs is 3. The minimum absolute atomic E-state index is 0.00279. The van der Waals surface area contributed by atoms with E-state index in [0.717, 1.165) is 6.20 Å². The Morgan fingerprint density at radius 1 is 1.25 bits per heavy atom. The molecule has 4 rings (SSSR count). The van der Waals surface area contributed by atoms with E-state index in [-0.39, 0.29) is 28.4 Å². The number of pyridine rings is 2. The number of nitrogens with zero attached hydrogens (tertiary/aromatic N) is 7. The van der Waals surface area contributed by atoms with Crippen molar-refractivity contribution in [2.45, 2.75) is 32.8 Å². The van der Waals surface area contributed by atoms with Crippen molar-refractivity contribution < 1.29 is 18.3 Å². The molecule has 0 bridgehead atoms. The van der Waals surface area contributed by atoms with Crippen LogP contribution in [0.3, 0.4) is 0 Å². The molecule has 0 aliphatic rings. The van der Waals surface area contributed by atoms with E-state index in [1.807, 2.05) is 0 Å². The normalized spacial score (nSPS) is 11.8. The lowest BCUT2D eigenvalue weighted by atomic mass is 10.1. The molecule has 11 heteroatoms. The van der Waals surface area contributed by atoms with Gasteiger partial charge in [-0.2, -0.15) is 4.98 Å². The molecule has 0 aliphatic heterocycles. The van der Waals surface area contributed by atoms with Gasteiger partial charge in [-0.3, -0.25) is 9.38 Å². The predicted octanol–water partition coefficient (Wildman–Crippen LogP) is 3.04. The Morgan fingerprint density at radius 3 is 2.75 bits per heavy atom. The van der Waals surface area contributed by atoms with Gasteiger partial charge in [0.1, 0.15) is 22.9 Å². The van der Waals surface area contributed by atoms with Crippen LogP contribution in [0.1, 0.15) is 25.4 Å². The van der Waals surface area contributed by atoms with Crippen molar-refractivity contribution in [3.05, 3.63) is 48.1 Å². The molecule has 0 saturated heterocycles. The smallest absolute Gasteiger partial charge is 0.257 e. The largest absolute Gasteiger partial charge is 0.378 e. The minimum Gasteiger partial charge on any atom is -0.378 e. The average Bonchev–Trinajstić information content (AvgIpc) is 3.11. The molecule has 4 aromatic rings. The molecule has 164 valence electrons. The topological polar surface area (TPSA) is 92.3 Å². The number of hydrogen-bond acceptors (Lipinski definition) is 7. The Labute approximate surface area is 180 Å². The van der Waals surface area contributed by atoms with Crippen molar-refractivity contribution in [1.29, 1.82) is 0 Å². The van der Waals surface area contributed by atoms with E-state index in [4.69, 9.17) is 0 Å². The predicted molar refractivity (Wildman–Crippen MR) is 111 cm³/mol. The first-order chi connectivity index (χ1) is 15.1. The lowest BCUT2D eigenvalue weighted by Gasteiger charge is -2.25. The number of halogens is 3. The molecule has 1 N–H and O–H groups in total. The van der Waals surface area contributed by atoms with Crippen LogP contribution in [0.25, 0.3) is 16.7 Å². The van der Waals surface area contributed by atoms with E-state index < -0.39 is 24.4 Å². The number of aryl methyl sites for hydroxylation is 1. The molecule has 4 aromatic heterocycles. The van der Waals surface area contributed by atoms with Crippen LogP contribution >= 0.6 is 0 Å². The molecular weight excluding hydrogens is 423 g/mol. The van der Waals surface area contributed by atoms with E-state index in [1.54, 1.807) is 6.92 Å². The monoisotopic (exact) mass is 441 g/mol. The van der Waals surface area contributed by atoms with Gasteiger partial charge in [0.05, 0.1) is 29.8 Å². The molecule has 0 atom stereocenters. The van der Waals surface area contributed by atoms with Crippen LogP contribution in [0.5, 0.6) is 0 Å². The highest BCUT2D eigenvalue weighted by atomic mass is 19.3. The maximum absolute atomic E-state index is 14.9. The third-order valence-corrected chi connectivity index (χ3v) is 4.49. The molecule has 8 nitrogen and oxygen atoms in total. The Hall–Kier alpha value is -3.78. The zero-order chi connectivity index (χ0) is 23.0. The Balaban J connectivity index is 1.96. The molecule has 4 heterocycles. The summed E-state index contributed by atoms with van der Waals surface area (Å²) < 4.78 is 43.6. The van der Waals surface area contributed by atoms with E-state index in [1.165, 1.54) is 47.7 Å². The number of aliphatic hydroxyl groups is 1. The molecule has 0 spiro atoms. The second kappa shape index (κ2) is 8.05. The summed E-state index contributed by atoms with van der Waals surface area (Å²) in [5.74, 6) is 5.11. The SMILES string of the molecule is Cc1nnc2nc(N(CC(F)F)c3ccnc(C#CC(C)(C)O)c3)c3c(F)cncc3n12. The fourth-order valence-corrected chi connectivity index (χ4v) is 3.19. The summed E-state index contributed by atoms with van der Waals surface area (Å²) in [7, 11) is 0. The van der Waals surface area contributed by atoms with Gasteiger partial charge in [0.25, 0.3) is 12.2 Å². The molecule has 0 amide bonds. The third kappa shape index (κ3) is 4.17. The fourth-order valence-electron chi connectivity index (χ4n) is 3.19. The summed E-state index contributed by atoms with van der Waals surface area (Å²) in [4.78, 5) is 13.5. The number of alkyl halides is 2. The fraction of sp³-hybridized carbons (Fsp3) is 0.286. The first-order valence-corrected chi connectivity index (χ1v) is 9.56. The number of aromatic nitrogens is 6. The van der Waals surface area contributed by atoms with Crippen molar-refractivity contribution in [3.8, 4) is 11.8 Å². The summed E-state index contributed by atoms with van der Waals surface area (Å²) in [6, 6.07) is 2.95. The van der Waals surface area contributed by atoms with Crippen molar-refractivity contribution >= 4 is 28.2 Å². The van der Waals surface area contributed by atoms with Crippen molar-refractivity contribution in [3.63, 3.8) is 0 Å². The van der Waals surface area contributed by atoms with Gasteiger partial charge in [0.15, 0.2) is 5.82 Å². The molecule has 32 heavy (non-hydrogen) atoms. The highest BCUT2D eigenvalue weighted by Gasteiger charge is 2.24. The number of rotatable bonds is 4. The van der Waals surface area contributed by atoms with Crippen LogP contribution in [-0.4, -0.2) is 53.2 Å². The van der Waals surface area contributed by atoms with Crippen LogP contribution in [0.4, 0.5) is 24.7 Å². The first kappa shape index (κ1) is 21.5. The van der Waals surface area contributed by atoms with Gasteiger partial charge < -0.3 is 10.0 Å². The average molecular weight is 441 g/mol. The zero-order valence-electron chi connectivity index (χ0n) is 17.4. The summed E-state index contributed by atoms with van der Waals surface area (Å²) >= 11 is 0. The second-order valence-electron chi connectivity index (χ2n) is 7.54. The molecule has 0 radical (unpaired) electrons. The number of hydrogen-bond donors (Lipinski definition) is 1. The summed E-state index contributed by atoms with van der Waals surface area (Å²) in [6.07, 6.45) is 1.03. The third-order valence-electron chi connectivity index (χ3n) is 4.49. The Kier molecular flexibility index (Phi) is 5.40. The van der Waals surface area contributed by atoms with Crippen molar-refractivity contribution in [2.24, 2.45) is 0 Å². The van der Waals surface area contributed by atoms with Crippen LogP contribution in [0.15, 0.2) is 30.7 Å². The molecule has 0 fully saturated rings. The van der Waals surface area contributed by atoms with Gasteiger partial charge in [-0.1, -0.05) is 5.92 Å². The van der Waals surface area contributed by atoms with Gasteiger partial charge in [-0.25, -0.2) is 18.2 Å². The molecular formula is C21H18F3N7O. The minimum atomic E-state index is -2.76. The Bertz CT molecular complexity index is 1370. The highest BCUT2D eigenvalue weighted by molar-refractivity contribution is 5.93. The first-order valence-electron chi connectivity index (χ1n) is 9.56.